The van der Waals surface area contributed by atoms with Crippen molar-refractivity contribution >= 4 is 45.6 Å². The lowest BCUT2D eigenvalue weighted by molar-refractivity contribution is 0.627. The molecule has 0 heterocycles. The Balaban J connectivity index is 2.83. The normalized spacial score (nSPS) is 9.46. The molecule has 0 aliphatic heterocycles. The highest BCUT2D eigenvalue weighted by atomic mass is 127. The van der Waals surface area contributed by atoms with Gasteiger partial charge in [0.2, 0.25) is 0 Å². The molecule has 13 heavy (non-hydrogen) atoms. The van der Waals surface area contributed by atoms with Gasteiger partial charge in [-0.15, -0.1) is 0 Å². The molecule has 0 amide bonds. The van der Waals surface area contributed by atoms with Crippen LogP contribution >= 0.6 is 34.8 Å². The lowest BCUT2D eigenvalue weighted by Gasteiger charge is -2.08. The molecule has 0 atom stereocenters. The van der Waals surface area contributed by atoms with Crippen LogP contribution in [0.2, 0.25) is 0 Å². The molecule has 0 spiro atoms. The van der Waals surface area contributed by atoms with Gasteiger partial charge in [0.25, 0.3) is 0 Å². The Kier molecular flexibility index (Phi) is 3.82. The lowest BCUT2D eigenvalue weighted by atomic mass is 10.3. The first-order valence-corrected chi connectivity index (χ1v) is 4.85. The summed E-state index contributed by atoms with van der Waals surface area (Å²) in [6.07, 6.45) is 0. The molecular formula is C7H7FIN3S. The Labute approximate surface area is 94.0 Å². The number of nitrogens with one attached hydrogen (secondary N) is 2. The highest BCUT2D eigenvalue weighted by molar-refractivity contribution is 14.1. The van der Waals surface area contributed by atoms with Gasteiger partial charge in [-0.25, -0.2) is 10.2 Å². The van der Waals surface area contributed by atoms with Gasteiger partial charge in [0.1, 0.15) is 5.82 Å². The van der Waals surface area contributed by atoms with Crippen molar-refractivity contribution in [3.8, 4) is 0 Å². The number of thiocarbonyl (C=S) groups is 1. The predicted octanol–water partition coefficient (Wildman–Crippen LogP) is 1.59. The van der Waals surface area contributed by atoms with E-state index < -0.39 is 0 Å². The summed E-state index contributed by atoms with van der Waals surface area (Å²) in [5.74, 6) is 4.79. The number of anilines is 1. The summed E-state index contributed by atoms with van der Waals surface area (Å²) in [4.78, 5) is 0. The van der Waals surface area contributed by atoms with Gasteiger partial charge < -0.3 is 10.7 Å². The molecule has 70 valence electrons. The van der Waals surface area contributed by atoms with Crippen LogP contribution in [0.15, 0.2) is 18.2 Å². The molecule has 4 N–H and O–H groups in total. The number of hydrogen-bond acceptors (Lipinski definition) is 2. The van der Waals surface area contributed by atoms with Crippen LogP contribution in [0, 0.1) is 9.39 Å². The van der Waals surface area contributed by atoms with Gasteiger partial charge in [-0.05, 0) is 53.0 Å². The summed E-state index contributed by atoms with van der Waals surface area (Å²) in [6.45, 7) is 0. The van der Waals surface area contributed by atoms with Crippen molar-refractivity contribution in [2.75, 3.05) is 5.32 Å². The van der Waals surface area contributed by atoms with Crippen LogP contribution in [0.4, 0.5) is 10.1 Å². The predicted molar refractivity (Wildman–Crippen MR) is 62.7 cm³/mol. The third-order valence-corrected chi connectivity index (χ3v) is 2.42. The molecule has 0 bridgehead atoms. The number of rotatable bonds is 1. The molecule has 0 saturated heterocycles. The van der Waals surface area contributed by atoms with E-state index in [4.69, 9.17) is 18.1 Å². The van der Waals surface area contributed by atoms with Crippen LogP contribution in [0.5, 0.6) is 0 Å². The summed E-state index contributed by atoms with van der Waals surface area (Å²) < 4.78 is 13.4. The smallest absolute Gasteiger partial charge is 0.185 e. The standard InChI is InChI=1S/C7H7FIN3S/c8-4-1-2-6(5(9)3-4)11-7(13)12-10/h1-3H,10H2,(H2,11,12,13). The van der Waals surface area contributed by atoms with E-state index >= 15 is 0 Å². The first kappa shape index (κ1) is 10.6. The highest BCUT2D eigenvalue weighted by Crippen LogP contribution is 2.18. The maximum Gasteiger partial charge on any atom is 0.185 e. The van der Waals surface area contributed by atoms with Crippen molar-refractivity contribution in [2.45, 2.75) is 0 Å². The minimum Gasteiger partial charge on any atom is -0.331 e. The van der Waals surface area contributed by atoms with Crippen molar-refractivity contribution in [1.82, 2.24) is 5.43 Å². The molecule has 1 rings (SSSR count). The Morgan fingerprint density at radius 2 is 2.23 bits per heavy atom. The van der Waals surface area contributed by atoms with Crippen molar-refractivity contribution in [3.63, 3.8) is 0 Å². The minimum atomic E-state index is -0.276. The van der Waals surface area contributed by atoms with Crippen molar-refractivity contribution in [3.05, 3.63) is 27.6 Å². The first-order chi connectivity index (χ1) is 6.13. The number of hydrazine groups is 1. The van der Waals surface area contributed by atoms with Crippen molar-refractivity contribution in [1.29, 1.82) is 0 Å². The maximum absolute atomic E-state index is 12.7. The molecule has 0 aliphatic rings. The first-order valence-electron chi connectivity index (χ1n) is 3.36. The Morgan fingerprint density at radius 1 is 1.54 bits per heavy atom. The number of nitrogens with two attached hydrogens (primary N) is 1. The van der Waals surface area contributed by atoms with Crippen LogP contribution in [0.1, 0.15) is 0 Å². The van der Waals surface area contributed by atoms with Crippen LogP contribution in [0.25, 0.3) is 0 Å². The van der Waals surface area contributed by atoms with Gasteiger partial charge in [0.05, 0.1) is 5.69 Å². The molecule has 0 radical (unpaired) electrons. The fourth-order valence-electron chi connectivity index (χ4n) is 0.749. The quantitative estimate of drug-likeness (QED) is 0.319. The van der Waals surface area contributed by atoms with Crippen LogP contribution < -0.4 is 16.6 Å². The largest absolute Gasteiger partial charge is 0.331 e. The Hall–Kier alpha value is -0.470. The molecule has 6 heteroatoms. The summed E-state index contributed by atoms with van der Waals surface area (Å²) in [5, 5.41) is 3.10. The molecule has 3 nitrogen and oxygen atoms in total. The van der Waals surface area contributed by atoms with Gasteiger partial charge in [-0.1, -0.05) is 0 Å². The second kappa shape index (κ2) is 4.68. The van der Waals surface area contributed by atoms with E-state index in [9.17, 15) is 4.39 Å². The average Bonchev–Trinajstić information content (AvgIpc) is 2.09. The number of hydrogen-bond donors (Lipinski definition) is 3. The lowest BCUT2D eigenvalue weighted by Crippen LogP contribution is -2.34. The summed E-state index contributed by atoms with van der Waals surface area (Å²) in [7, 11) is 0. The summed E-state index contributed by atoms with van der Waals surface area (Å²) in [6, 6.07) is 4.35. The monoisotopic (exact) mass is 311 g/mol. The third-order valence-electron chi connectivity index (χ3n) is 1.31. The minimum absolute atomic E-state index is 0.276. The topological polar surface area (TPSA) is 50.1 Å². The molecule has 0 fully saturated rings. The van der Waals surface area contributed by atoms with E-state index in [2.05, 4.69) is 10.7 Å². The van der Waals surface area contributed by atoms with Crippen molar-refractivity contribution < 1.29 is 4.39 Å². The van der Waals surface area contributed by atoms with Gasteiger partial charge in [0.15, 0.2) is 5.11 Å². The third kappa shape index (κ3) is 3.05. The van der Waals surface area contributed by atoms with Gasteiger partial charge in [-0.2, -0.15) is 0 Å². The fourth-order valence-corrected chi connectivity index (χ4v) is 1.47. The average molecular weight is 311 g/mol. The second-order valence-electron chi connectivity index (χ2n) is 2.22. The molecule has 0 unspecified atom stereocenters. The van der Waals surface area contributed by atoms with Crippen LogP contribution in [-0.4, -0.2) is 5.11 Å². The molecule has 1 aromatic carbocycles. The van der Waals surface area contributed by atoms with E-state index in [1.54, 1.807) is 6.07 Å². The zero-order chi connectivity index (χ0) is 9.84. The van der Waals surface area contributed by atoms with E-state index in [0.717, 1.165) is 9.26 Å². The molecule has 0 saturated carbocycles. The zero-order valence-corrected chi connectivity index (χ0v) is 9.45. The number of benzene rings is 1. The molecule has 0 aliphatic carbocycles. The van der Waals surface area contributed by atoms with Crippen LogP contribution in [-0.2, 0) is 0 Å². The molecular weight excluding hydrogens is 304 g/mol. The van der Waals surface area contributed by atoms with Crippen LogP contribution in [0.3, 0.4) is 0 Å². The van der Waals surface area contributed by atoms with E-state index in [-0.39, 0.29) is 5.82 Å². The SMILES string of the molecule is NNC(=S)Nc1ccc(F)cc1I. The highest BCUT2D eigenvalue weighted by Gasteiger charge is 2.01. The van der Waals surface area contributed by atoms with E-state index in [1.165, 1.54) is 12.1 Å². The molecule has 1 aromatic rings. The Bertz CT molecular complexity index is 332. The molecule has 0 aromatic heterocycles. The summed E-state index contributed by atoms with van der Waals surface area (Å²) in [5.41, 5.74) is 3.01. The number of halogens is 2. The maximum atomic E-state index is 12.7. The fraction of sp³-hybridized carbons (Fsp3) is 0. The Morgan fingerprint density at radius 3 is 2.77 bits per heavy atom. The summed E-state index contributed by atoms with van der Waals surface area (Å²) >= 11 is 6.79. The van der Waals surface area contributed by atoms with E-state index in [1.807, 2.05) is 22.6 Å². The second-order valence-corrected chi connectivity index (χ2v) is 3.79. The van der Waals surface area contributed by atoms with Crippen molar-refractivity contribution in [2.24, 2.45) is 5.84 Å². The van der Waals surface area contributed by atoms with Gasteiger partial charge in [-0.3, -0.25) is 0 Å². The van der Waals surface area contributed by atoms with Gasteiger partial charge >= 0.3 is 0 Å². The zero-order valence-electron chi connectivity index (χ0n) is 6.47. The van der Waals surface area contributed by atoms with Gasteiger partial charge in [0, 0.05) is 3.57 Å². The van der Waals surface area contributed by atoms with E-state index in [0.29, 0.717) is 5.11 Å².